The second kappa shape index (κ2) is 6.02. The molecule has 0 fully saturated rings. The van der Waals surface area contributed by atoms with Crippen molar-refractivity contribution in [3.63, 3.8) is 0 Å². The van der Waals surface area contributed by atoms with Crippen LogP contribution in [-0.2, 0) is 5.75 Å². The first-order chi connectivity index (χ1) is 9.63. The van der Waals surface area contributed by atoms with Crippen molar-refractivity contribution >= 4 is 60.8 Å². The second-order valence-electron chi connectivity index (χ2n) is 4.23. The first kappa shape index (κ1) is 14.3. The molecule has 0 amide bonds. The van der Waals surface area contributed by atoms with Crippen LogP contribution in [0, 0.1) is 6.92 Å². The maximum absolute atomic E-state index is 6.23. The third kappa shape index (κ3) is 3.01. The highest BCUT2D eigenvalue weighted by atomic mass is 79.9. The number of hydrogen-bond acceptors (Lipinski definition) is 4. The molecule has 1 aromatic carbocycles. The molecule has 2 nitrogen and oxygen atoms in total. The summed E-state index contributed by atoms with van der Waals surface area (Å²) in [7, 11) is 0. The number of aryl methyl sites for hydroxylation is 1. The number of nitrogens with zero attached hydrogens (tertiary/aromatic N) is 2. The Morgan fingerprint density at radius 3 is 2.90 bits per heavy atom. The Balaban J connectivity index is 1.86. The van der Waals surface area contributed by atoms with Crippen molar-refractivity contribution in [3.8, 4) is 0 Å². The van der Waals surface area contributed by atoms with Gasteiger partial charge in [0.2, 0.25) is 0 Å². The molecule has 0 aliphatic carbocycles. The van der Waals surface area contributed by atoms with Crippen molar-refractivity contribution in [1.29, 1.82) is 0 Å². The first-order valence-electron chi connectivity index (χ1n) is 5.93. The van der Waals surface area contributed by atoms with E-state index in [-0.39, 0.29) is 0 Å². The molecule has 6 heteroatoms. The number of thioether (sulfide) groups is 1. The van der Waals surface area contributed by atoms with Crippen molar-refractivity contribution in [3.05, 3.63) is 50.7 Å². The molecule has 3 rings (SSSR count). The molecule has 0 N–H and O–H groups in total. The van der Waals surface area contributed by atoms with Crippen molar-refractivity contribution < 1.29 is 0 Å². The molecule has 102 valence electrons. The standard InChI is InChI=1S/C14H10BrClN2S2/c1-8-6-9-13(16)17-12(18-14(9)20-8)7-19-11-5-3-2-4-10(11)15/h2-6H,7H2,1H3. The van der Waals surface area contributed by atoms with Crippen molar-refractivity contribution in [2.24, 2.45) is 0 Å². The van der Waals surface area contributed by atoms with Crippen molar-refractivity contribution in [2.45, 2.75) is 17.6 Å². The van der Waals surface area contributed by atoms with Gasteiger partial charge in [-0.25, -0.2) is 9.97 Å². The van der Waals surface area contributed by atoms with E-state index in [0.717, 1.165) is 20.5 Å². The van der Waals surface area contributed by atoms with Gasteiger partial charge in [-0.05, 0) is 41.1 Å². The summed E-state index contributed by atoms with van der Waals surface area (Å²) in [5, 5.41) is 1.49. The lowest BCUT2D eigenvalue weighted by atomic mass is 10.4. The van der Waals surface area contributed by atoms with Crippen LogP contribution in [0.15, 0.2) is 39.7 Å². The Kier molecular flexibility index (Phi) is 4.31. The Hall–Kier alpha value is -0.620. The fraction of sp³-hybridized carbons (Fsp3) is 0.143. The fourth-order valence-electron chi connectivity index (χ4n) is 1.82. The molecular weight excluding hydrogens is 376 g/mol. The number of thiophene rings is 1. The van der Waals surface area contributed by atoms with Crippen LogP contribution in [0.1, 0.15) is 10.7 Å². The first-order valence-corrected chi connectivity index (χ1v) is 8.90. The summed E-state index contributed by atoms with van der Waals surface area (Å²) >= 11 is 13.1. The normalized spacial score (nSPS) is 11.2. The summed E-state index contributed by atoms with van der Waals surface area (Å²) in [6.07, 6.45) is 0. The van der Waals surface area contributed by atoms with Crippen LogP contribution >= 0.6 is 50.6 Å². The van der Waals surface area contributed by atoms with E-state index in [9.17, 15) is 0 Å². The molecule has 0 radical (unpaired) electrons. The molecule has 0 aliphatic heterocycles. The molecule has 3 aromatic rings. The molecule has 0 aliphatic rings. The summed E-state index contributed by atoms with van der Waals surface area (Å²) in [6.45, 7) is 2.05. The Morgan fingerprint density at radius 1 is 1.30 bits per heavy atom. The second-order valence-corrected chi connectivity index (χ2v) is 7.69. The van der Waals surface area contributed by atoms with Gasteiger partial charge in [0.1, 0.15) is 15.8 Å². The molecule has 2 heterocycles. The maximum Gasteiger partial charge on any atom is 0.142 e. The van der Waals surface area contributed by atoms with Crippen LogP contribution in [0.2, 0.25) is 5.15 Å². The van der Waals surface area contributed by atoms with Crippen LogP contribution in [-0.4, -0.2) is 9.97 Å². The third-order valence-corrected chi connectivity index (χ3v) is 5.97. The fourth-order valence-corrected chi connectivity index (χ4v) is 4.44. The van der Waals surface area contributed by atoms with Gasteiger partial charge in [-0.15, -0.1) is 23.1 Å². The lowest BCUT2D eigenvalue weighted by Gasteiger charge is -2.04. The highest BCUT2D eigenvalue weighted by Crippen LogP contribution is 2.32. The lowest BCUT2D eigenvalue weighted by Crippen LogP contribution is -1.92. The molecule has 0 saturated carbocycles. The number of benzene rings is 1. The SMILES string of the molecule is Cc1cc2c(Cl)nc(CSc3ccccc3Br)nc2s1. The topological polar surface area (TPSA) is 25.8 Å². The highest BCUT2D eigenvalue weighted by Gasteiger charge is 2.09. The summed E-state index contributed by atoms with van der Waals surface area (Å²) in [5.74, 6) is 1.47. The quantitative estimate of drug-likeness (QED) is 0.427. The van der Waals surface area contributed by atoms with Gasteiger partial charge in [-0.3, -0.25) is 0 Å². The van der Waals surface area contributed by atoms with E-state index in [4.69, 9.17) is 11.6 Å². The van der Waals surface area contributed by atoms with Gasteiger partial charge in [0.15, 0.2) is 0 Å². The van der Waals surface area contributed by atoms with Gasteiger partial charge in [-0.1, -0.05) is 23.7 Å². The maximum atomic E-state index is 6.23. The van der Waals surface area contributed by atoms with E-state index in [1.54, 1.807) is 23.1 Å². The summed E-state index contributed by atoms with van der Waals surface area (Å²) in [5.41, 5.74) is 0. The molecule has 0 unspecified atom stereocenters. The number of rotatable bonds is 3. The van der Waals surface area contributed by atoms with Gasteiger partial charge in [0.05, 0.1) is 5.75 Å². The van der Waals surface area contributed by atoms with Gasteiger partial charge in [0.25, 0.3) is 0 Å². The summed E-state index contributed by atoms with van der Waals surface area (Å²) < 4.78 is 1.09. The molecule has 2 aromatic heterocycles. The summed E-state index contributed by atoms with van der Waals surface area (Å²) in [6, 6.07) is 10.2. The van der Waals surface area contributed by atoms with Crippen LogP contribution in [0.25, 0.3) is 10.2 Å². The minimum Gasteiger partial charge on any atom is -0.221 e. The number of aromatic nitrogens is 2. The average molecular weight is 386 g/mol. The lowest BCUT2D eigenvalue weighted by molar-refractivity contribution is 1.07. The van der Waals surface area contributed by atoms with E-state index in [2.05, 4.69) is 38.9 Å². The molecule has 20 heavy (non-hydrogen) atoms. The number of fused-ring (bicyclic) bond motifs is 1. The predicted molar refractivity (Wildman–Crippen MR) is 90.9 cm³/mol. The Bertz CT molecular complexity index is 773. The Labute approximate surface area is 138 Å². The minimum atomic E-state index is 0.544. The average Bonchev–Trinajstić information content (AvgIpc) is 2.79. The predicted octanol–water partition coefficient (Wildman–Crippen LogP) is 5.71. The van der Waals surface area contributed by atoms with Crippen molar-refractivity contribution in [1.82, 2.24) is 9.97 Å². The molecule has 0 bridgehead atoms. The summed E-state index contributed by atoms with van der Waals surface area (Å²) in [4.78, 5) is 12.3. The third-order valence-electron chi connectivity index (χ3n) is 2.71. The smallest absolute Gasteiger partial charge is 0.142 e. The van der Waals surface area contributed by atoms with Crippen molar-refractivity contribution in [2.75, 3.05) is 0 Å². The molecule has 0 spiro atoms. The van der Waals surface area contributed by atoms with Crippen LogP contribution in [0.5, 0.6) is 0 Å². The van der Waals surface area contributed by atoms with Gasteiger partial charge < -0.3 is 0 Å². The van der Waals surface area contributed by atoms with E-state index in [1.807, 2.05) is 24.3 Å². The number of hydrogen-bond donors (Lipinski definition) is 0. The highest BCUT2D eigenvalue weighted by molar-refractivity contribution is 9.10. The van der Waals surface area contributed by atoms with E-state index < -0.39 is 0 Å². The van der Waals surface area contributed by atoms with Gasteiger partial charge in [-0.2, -0.15) is 0 Å². The largest absolute Gasteiger partial charge is 0.221 e. The Morgan fingerprint density at radius 2 is 2.10 bits per heavy atom. The monoisotopic (exact) mass is 384 g/mol. The molecule has 0 saturated heterocycles. The van der Waals surface area contributed by atoms with E-state index >= 15 is 0 Å². The van der Waals surface area contributed by atoms with Crippen LogP contribution < -0.4 is 0 Å². The van der Waals surface area contributed by atoms with Crippen LogP contribution in [0.3, 0.4) is 0 Å². The van der Waals surface area contributed by atoms with Gasteiger partial charge >= 0.3 is 0 Å². The minimum absolute atomic E-state index is 0.544. The zero-order valence-corrected chi connectivity index (χ0v) is 14.5. The molecule has 0 atom stereocenters. The van der Waals surface area contributed by atoms with Gasteiger partial charge in [0, 0.05) is 19.6 Å². The number of halogens is 2. The van der Waals surface area contributed by atoms with Crippen LogP contribution in [0.4, 0.5) is 0 Å². The zero-order valence-electron chi connectivity index (χ0n) is 10.6. The van der Waals surface area contributed by atoms with E-state index in [1.165, 1.54) is 9.77 Å². The zero-order chi connectivity index (χ0) is 14.1. The van der Waals surface area contributed by atoms with E-state index in [0.29, 0.717) is 10.9 Å². The molecular formula is C14H10BrClN2S2.